The Morgan fingerprint density at radius 2 is 2.05 bits per heavy atom. The van der Waals surface area contributed by atoms with Gasteiger partial charge in [0.25, 0.3) is 0 Å². The van der Waals surface area contributed by atoms with Gasteiger partial charge in [0.2, 0.25) is 16.0 Å². The van der Waals surface area contributed by atoms with Gasteiger partial charge in [0, 0.05) is 12.0 Å². The fourth-order valence-electron chi connectivity index (χ4n) is 1.93. The number of carbonyl (C=O) groups is 1. The van der Waals surface area contributed by atoms with E-state index in [1.165, 1.54) is 0 Å². The van der Waals surface area contributed by atoms with E-state index < -0.39 is 15.3 Å². The minimum absolute atomic E-state index is 0.0215. The van der Waals surface area contributed by atoms with E-state index in [4.69, 9.17) is 5.73 Å². The number of benzene rings is 1. The number of anilines is 1. The number of fused-ring (bicyclic) bond motifs is 1. The van der Waals surface area contributed by atoms with Gasteiger partial charge < -0.3 is 5.73 Å². The molecule has 2 aromatic rings. The standard InChI is InChI=1S/C13H17N3O3S/c1-4-12(17)9-5-6-11-10(7-9)15-13(14)16(11)20(18,19)8(2)3/h5-8H,4H2,1-3H3,(H2,14,15). The second-order valence-corrected chi connectivity index (χ2v) is 7.15. The molecule has 2 N–H and O–H groups in total. The lowest BCUT2D eigenvalue weighted by Crippen LogP contribution is -2.23. The molecule has 0 saturated carbocycles. The quantitative estimate of drug-likeness (QED) is 0.868. The molecule has 0 saturated heterocycles. The van der Waals surface area contributed by atoms with Crippen LogP contribution in [0, 0.1) is 0 Å². The van der Waals surface area contributed by atoms with Crippen LogP contribution in [0.2, 0.25) is 0 Å². The highest BCUT2D eigenvalue weighted by molar-refractivity contribution is 7.90. The van der Waals surface area contributed by atoms with Crippen molar-refractivity contribution in [2.45, 2.75) is 32.4 Å². The Morgan fingerprint density at radius 1 is 1.40 bits per heavy atom. The zero-order chi connectivity index (χ0) is 15.1. The van der Waals surface area contributed by atoms with Crippen molar-refractivity contribution in [3.63, 3.8) is 0 Å². The van der Waals surface area contributed by atoms with Crippen LogP contribution in [0.5, 0.6) is 0 Å². The fourth-order valence-corrected chi connectivity index (χ4v) is 3.08. The first-order chi connectivity index (χ1) is 9.28. The monoisotopic (exact) mass is 295 g/mol. The van der Waals surface area contributed by atoms with E-state index in [1.807, 2.05) is 0 Å². The maximum atomic E-state index is 12.3. The van der Waals surface area contributed by atoms with Crippen molar-refractivity contribution in [3.05, 3.63) is 23.8 Å². The third kappa shape index (κ3) is 2.18. The number of rotatable bonds is 4. The van der Waals surface area contributed by atoms with Crippen LogP contribution in [0.25, 0.3) is 11.0 Å². The highest BCUT2D eigenvalue weighted by Gasteiger charge is 2.24. The van der Waals surface area contributed by atoms with Gasteiger partial charge in [0.1, 0.15) is 0 Å². The molecule has 0 aliphatic heterocycles. The lowest BCUT2D eigenvalue weighted by Gasteiger charge is -2.11. The molecule has 0 radical (unpaired) electrons. The third-order valence-electron chi connectivity index (χ3n) is 3.13. The molecule has 0 fully saturated rings. The molecule has 0 amide bonds. The number of aromatic nitrogens is 2. The minimum Gasteiger partial charge on any atom is -0.368 e. The van der Waals surface area contributed by atoms with Gasteiger partial charge in [-0.3, -0.25) is 4.79 Å². The smallest absolute Gasteiger partial charge is 0.244 e. The van der Waals surface area contributed by atoms with E-state index in [0.717, 1.165) is 3.97 Å². The molecule has 0 bridgehead atoms. The average molecular weight is 295 g/mol. The summed E-state index contributed by atoms with van der Waals surface area (Å²) in [5, 5.41) is -0.612. The summed E-state index contributed by atoms with van der Waals surface area (Å²) in [6.07, 6.45) is 0.381. The molecular formula is C13H17N3O3S. The molecule has 1 aromatic carbocycles. The van der Waals surface area contributed by atoms with Gasteiger partial charge in [-0.1, -0.05) is 6.92 Å². The zero-order valence-electron chi connectivity index (χ0n) is 11.6. The Hall–Kier alpha value is -1.89. The van der Waals surface area contributed by atoms with Gasteiger partial charge >= 0.3 is 0 Å². The second-order valence-electron chi connectivity index (χ2n) is 4.81. The molecule has 0 atom stereocenters. The summed E-state index contributed by atoms with van der Waals surface area (Å²) in [5.74, 6) is -0.110. The lowest BCUT2D eigenvalue weighted by atomic mass is 10.1. The van der Waals surface area contributed by atoms with E-state index in [2.05, 4.69) is 4.98 Å². The predicted octanol–water partition coefficient (Wildman–Crippen LogP) is 1.80. The van der Waals surface area contributed by atoms with Gasteiger partial charge in [0.05, 0.1) is 16.3 Å². The summed E-state index contributed by atoms with van der Waals surface area (Å²) in [7, 11) is -3.59. The molecule has 0 spiro atoms. The maximum Gasteiger partial charge on any atom is 0.244 e. The summed E-state index contributed by atoms with van der Waals surface area (Å²) >= 11 is 0. The maximum absolute atomic E-state index is 12.3. The number of nitrogens with two attached hydrogens (primary N) is 1. The van der Waals surface area contributed by atoms with E-state index in [9.17, 15) is 13.2 Å². The van der Waals surface area contributed by atoms with Crippen molar-refractivity contribution < 1.29 is 13.2 Å². The molecular weight excluding hydrogens is 278 g/mol. The first-order valence-corrected chi connectivity index (χ1v) is 7.85. The fraction of sp³-hybridized carbons (Fsp3) is 0.385. The molecule has 0 aliphatic rings. The molecule has 1 aromatic heterocycles. The predicted molar refractivity (Wildman–Crippen MR) is 78.2 cm³/mol. The SMILES string of the molecule is CCC(=O)c1ccc2c(c1)nc(N)n2S(=O)(=O)C(C)C. The number of imidazole rings is 1. The number of hydrogen-bond acceptors (Lipinski definition) is 5. The first-order valence-electron chi connectivity index (χ1n) is 6.34. The van der Waals surface area contributed by atoms with Crippen LogP contribution in [0.3, 0.4) is 0 Å². The van der Waals surface area contributed by atoms with Crippen LogP contribution in [-0.2, 0) is 10.0 Å². The summed E-state index contributed by atoms with van der Waals surface area (Å²) < 4.78 is 25.6. The van der Waals surface area contributed by atoms with Crippen molar-refractivity contribution in [1.29, 1.82) is 0 Å². The van der Waals surface area contributed by atoms with Gasteiger partial charge in [-0.15, -0.1) is 0 Å². The normalized spacial score (nSPS) is 12.2. The van der Waals surface area contributed by atoms with E-state index in [1.54, 1.807) is 39.0 Å². The summed E-state index contributed by atoms with van der Waals surface area (Å²) in [4.78, 5) is 15.7. The van der Waals surface area contributed by atoms with Gasteiger partial charge in [0.15, 0.2) is 5.78 Å². The van der Waals surface area contributed by atoms with Crippen molar-refractivity contribution in [2.75, 3.05) is 5.73 Å². The Kier molecular flexibility index (Phi) is 3.56. The summed E-state index contributed by atoms with van der Waals surface area (Å²) in [6.45, 7) is 4.92. The van der Waals surface area contributed by atoms with Crippen LogP contribution in [0.15, 0.2) is 18.2 Å². The Labute approximate surface area is 117 Å². The van der Waals surface area contributed by atoms with Crippen LogP contribution in [0.4, 0.5) is 5.95 Å². The Bertz CT molecular complexity index is 776. The molecule has 7 heteroatoms. The molecule has 0 aliphatic carbocycles. The van der Waals surface area contributed by atoms with Gasteiger partial charge in [-0.2, -0.15) is 0 Å². The Morgan fingerprint density at radius 3 is 2.60 bits per heavy atom. The molecule has 2 rings (SSSR count). The highest BCUT2D eigenvalue weighted by Crippen LogP contribution is 2.23. The topological polar surface area (TPSA) is 95.1 Å². The van der Waals surface area contributed by atoms with Gasteiger partial charge in [-0.25, -0.2) is 17.4 Å². The number of Topliss-reactive ketones (excluding diaryl/α,β-unsaturated/α-hetero) is 1. The van der Waals surface area contributed by atoms with Crippen LogP contribution >= 0.6 is 0 Å². The number of hydrogen-bond donors (Lipinski definition) is 1. The van der Waals surface area contributed by atoms with Crippen molar-refractivity contribution in [2.24, 2.45) is 0 Å². The molecule has 20 heavy (non-hydrogen) atoms. The number of ketones is 1. The summed E-state index contributed by atoms with van der Waals surface area (Å²) in [6, 6.07) is 4.74. The number of nitrogen functional groups attached to an aromatic ring is 1. The molecule has 108 valence electrons. The molecule has 1 heterocycles. The van der Waals surface area contributed by atoms with Crippen LogP contribution in [-0.4, -0.2) is 28.4 Å². The van der Waals surface area contributed by atoms with Crippen molar-refractivity contribution >= 4 is 32.8 Å². The number of nitrogens with zero attached hydrogens (tertiary/aromatic N) is 2. The van der Waals surface area contributed by atoms with Crippen molar-refractivity contribution in [1.82, 2.24) is 8.96 Å². The van der Waals surface area contributed by atoms with E-state index in [-0.39, 0.29) is 11.7 Å². The third-order valence-corrected chi connectivity index (χ3v) is 5.21. The van der Waals surface area contributed by atoms with Crippen molar-refractivity contribution in [3.8, 4) is 0 Å². The van der Waals surface area contributed by atoms with E-state index in [0.29, 0.717) is 23.0 Å². The number of carbonyl (C=O) groups excluding carboxylic acids is 1. The van der Waals surface area contributed by atoms with Gasteiger partial charge in [-0.05, 0) is 32.0 Å². The lowest BCUT2D eigenvalue weighted by molar-refractivity contribution is 0.0988. The minimum atomic E-state index is -3.59. The van der Waals surface area contributed by atoms with E-state index >= 15 is 0 Å². The largest absolute Gasteiger partial charge is 0.368 e. The van der Waals surface area contributed by atoms with Crippen LogP contribution < -0.4 is 5.73 Å². The molecule has 6 nitrogen and oxygen atoms in total. The second kappa shape index (κ2) is 4.90. The van der Waals surface area contributed by atoms with Crippen LogP contribution in [0.1, 0.15) is 37.6 Å². The average Bonchev–Trinajstić information content (AvgIpc) is 2.72. The zero-order valence-corrected chi connectivity index (χ0v) is 12.4. The molecule has 0 unspecified atom stereocenters. The first kappa shape index (κ1) is 14.5. The highest BCUT2D eigenvalue weighted by atomic mass is 32.2. The summed E-state index contributed by atoms with van der Waals surface area (Å²) in [5.41, 5.74) is 7.03. The Balaban J connectivity index is 2.71.